The molecule has 0 saturated carbocycles. The first-order valence-electron chi connectivity index (χ1n) is 6.01. The number of hydrogen-bond acceptors (Lipinski definition) is 6. The van der Waals surface area contributed by atoms with Crippen molar-refractivity contribution in [1.29, 1.82) is 0 Å². The lowest BCUT2D eigenvalue weighted by atomic mass is 10.2. The Morgan fingerprint density at radius 1 is 1.32 bits per heavy atom. The van der Waals surface area contributed by atoms with Gasteiger partial charge in [0.05, 0.1) is 24.7 Å². The highest BCUT2D eigenvalue weighted by molar-refractivity contribution is 7.12. The van der Waals surface area contributed by atoms with Gasteiger partial charge in [-0.05, 0) is 17.9 Å². The van der Waals surface area contributed by atoms with Gasteiger partial charge in [-0.15, -0.1) is 11.3 Å². The van der Waals surface area contributed by atoms with E-state index in [1.165, 1.54) is 11.3 Å². The summed E-state index contributed by atoms with van der Waals surface area (Å²) in [6, 6.07) is 1.87. The summed E-state index contributed by atoms with van der Waals surface area (Å²) in [6.07, 6.45) is 0.812. The minimum Gasteiger partial charge on any atom is -0.382 e. The Morgan fingerprint density at radius 3 is 2.84 bits per heavy atom. The molecule has 1 aromatic heterocycles. The summed E-state index contributed by atoms with van der Waals surface area (Å²) in [6.45, 7) is 2.84. The molecule has 1 heterocycles. The van der Waals surface area contributed by atoms with Crippen LogP contribution in [-0.4, -0.2) is 39.4 Å². The van der Waals surface area contributed by atoms with Crippen LogP contribution in [-0.2, 0) is 20.8 Å². The maximum atomic E-state index is 11.4. The molecule has 7 heteroatoms. The van der Waals surface area contributed by atoms with Crippen LogP contribution in [0.4, 0.5) is 0 Å². The van der Waals surface area contributed by atoms with Crippen molar-refractivity contribution in [3.8, 4) is 0 Å². The van der Waals surface area contributed by atoms with Crippen LogP contribution in [0.25, 0.3) is 0 Å². The lowest BCUT2D eigenvalue weighted by Crippen LogP contribution is -2.30. The quantitative estimate of drug-likeness (QED) is 0.289. The Morgan fingerprint density at radius 2 is 2.11 bits per heavy atom. The number of carbonyl (C=O) groups is 1. The smallest absolute Gasteiger partial charge is 0.275 e. The van der Waals surface area contributed by atoms with Gasteiger partial charge < -0.3 is 14.2 Å². The van der Waals surface area contributed by atoms with Crippen LogP contribution in [0.1, 0.15) is 21.7 Å². The van der Waals surface area contributed by atoms with Crippen LogP contribution in [0, 0.1) is 0 Å². The van der Waals surface area contributed by atoms with Crippen molar-refractivity contribution >= 4 is 17.2 Å². The molecule has 0 saturated heterocycles. The van der Waals surface area contributed by atoms with Gasteiger partial charge in [0.15, 0.2) is 0 Å². The number of nitrogens with two attached hydrogens (primary N) is 1. The second kappa shape index (κ2) is 9.88. The van der Waals surface area contributed by atoms with Gasteiger partial charge in [-0.2, -0.15) is 0 Å². The van der Waals surface area contributed by atoms with Crippen molar-refractivity contribution in [2.24, 2.45) is 5.84 Å². The van der Waals surface area contributed by atoms with Gasteiger partial charge in [0, 0.05) is 25.9 Å². The molecule has 19 heavy (non-hydrogen) atoms. The monoisotopic (exact) mass is 288 g/mol. The summed E-state index contributed by atoms with van der Waals surface area (Å²) in [7, 11) is 1.64. The first kappa shape index (κ1) is 16.1. The van der Waals surface area contributed by atoms with Gasteiger partial charge in [0.1, 0.15) is 0 Å². The third-order valence-corrected chi connectivity index (χ3v) is 3.31. The van der Waals surface area contributed by atoms with Gasteiger partial charge >= 0.3 is 0 Å². The number of nitrogens with one attached hydrogen (secondary N) is 1. The summed E-state index contributed by atoms with van der Waals surface area (Å²) in [5, 5.41) is 1.84. The molecule has 0 radical (unpaired) electrons. The molecule has 6 nitrogen and oxygen atoms in total. The molecule has 0 aromatic carbocycles. The summed E-state index contributed by atoms with van der Waals surface area (Å²) in [5.41, 5.74) is 2.98. The van der Waals surface area contributed by atoms with Gasteiger partial charge in [-0.3, -0.25) is 10.2 Å². The molecule has 0 aliphatic heterocycles. The molecule has 0 atom stereocenters. The zero-order chi connectivity index (χ0) is 13.9. The van der Waals surface area contributed by atoms with Crippen LogP contribution in [0.15, 0.2) is 11.4 Å². The summed E-state index contributed by atoms with van der Waals surface area (Å²) >= 11 is 1.35. The molecule has 3 N–H and O–H groups in total. The fourth-order valence-electron chi connectivity index (χ4n) is 1.40. The summed E-state index contributed by atoms with van der Waals surface area (Å²) in [5.74, 6) is 4.82. The van der Waals surface area contributed by atoms with E-state index in [0.717, 1.165) is 12.0 Å². The summed E-state index contributed by atoms with van der Waals surface area (Å²) < 4.78 is 15.7. The van der Waals surface area contributed by atoms with E-state index in [1.54, 1.807) is 7.11 Å². The van der Waals surface area contributed by atoms with Gasteiger partial charge in [0.25, 0.3) is 5.91 Å². The summed E-state index contributed by atoms with van der Waals surface area (Å²) in [4.78, 5) is 12.0. The maximum Gasteiger partial charge on any atom is 0.275 e. The molecule has 108 valence electrons. The Balaban J connectivity index is 2.13. The highest BCUT2D eigenvalue weighted by Crippen LogP contribution is 2.17. The number of ether oxygens (including phenoxy) is 3. The van der Waals surface area contributed by atoms with E-state index in [-0.39, 0.29) is 5.91 Å². The number of carbonyl (C=O) groups excluding carboxylic acids is 1. The Labute approximate surface area is 116 Å². The topological polar surface area (TPSA) is 82.8 Å². The van der Waals surface area contributed by atoms with Crippen molar-refractivity contribution in [2.45, 2.75) is 13.0 Å². The molecule has 0 bridgehead atoms. The van der Waals surface area contributed by atoms with Crippen LogP contribution in [0.2, 0.25) is 0 Å². The molecule has 1 rings (SSSR count). The second-order valence-electron chi connectivity index (χ2n) is 3.76. The second-order valence-corrected chi connectivity index (χ2v) is 4.68. The minimum atomic E-state index is -0.281. The van der Waals surface area contributed by atoms with E-state index in [2.05, 4.69) is 5.43 Å². The normalized spacial score (nSPS) is 10.6. The van der Waals surface area contributed by atoms with E-state index in [4.69, 9.17) is 20.1 Å². The van der Waals surface area contributed by atoms with Crippen LogP contribution in [0.5, 0.6) is 0 Å². The predicted molar refractivity (Wildman–Crippen MR) is 72.9 cm³/mol. The zero-order valence-corrected chi connectivity index (χ0v) is 11.8. The highest BCUT2D eigenvalue weighted by atomic mass is 32.1. The number of hydrogen-bond donors (Lipinski definition) is 2. The van der Waals surface area contributed by atoms with E-state index >= 15 is 0 Å². The number of nitrogen functional groups attached to an aromatic ring is 1. The molecule has 0 aliphatic carbocycles. The largest absolute Gasteiger partial charge is 0.382 e. The average molecular weight is 288 g/mol. The molecule has 1 aromatic rings. The molecule has 0 aliphatic rings. The Kier molecular flexibility index (Phi) is 8.35. The van der Waals surface area contributed by atoms with E-state index in [1.807, 2.05) is 11.4 Å². The third-order valence-electron chi connectivity index (χ3n) is 2.35. The fraction of sp³-hybridized carbons (Fsp3) is 0.583. The van der Waals surface area contributed by atoms with E-state index in [0.29, 0.717) is 37.9 Å². The number of amides is 1. The van der Waals surface area contributed by atoms with Gasteiger partial charge in [0.2, 0.25) is 0 Å². The Bertz CT molecular complexity index is 370. The molecular formula is C12H20N2O4S. The van der Waals surface area contributed by atoms with Gasteiger partial charge in [-0.1, -0.05) is 0 Å². The van der Waals surface area contributed by atoms with E-state index < -0.39 is 0 Å². The Hall–Kier alpha value is -0.990. The standard InChI is InChI=1S/C12H20N2O4S/c1-16-6-7-17-4-2-5-18-9-10-3-8-19-11(10)12(15)14-13/h3,8H,2,4-7,9,13H2,1H3,(H,14,15). The number of hydrazine groups is 1. The van der Waals surface area contributed by atoms with Crippen molar-refractivity contribution in [2.75, 3.05) is 33.5 Å². The predicted octanol–water partition coefficient (Wildman–Crippen LogP) is 0.921. The minimum absolute atomic E-state index is 0.281. The highest BCUT2D eigenvalue weighted by Gasteiger charge is 2.11. The average Bonchev–Trinajstić information content (AvgIpc) is 2.89. The molecule has 0 spiro atoms. The van der Waals surface area contributed by atoms with Crippen LogP contribution >= 0.6 is 11.3 Å². The number of rotatable bonds is 10. The van der Waals surface area contributed by atoms with Crippen molar-refractivity contribution in [1.82, 2.24) is 5.43 Å². The van der Waals surface area contributed by atoms with E-state index in [9.17, 15) is 4.79 Å². The lowest BCUT2D eigenvalue weighted by Gasteiger charge is -2.06. The SMILES string of the molecule is COCCOCCCOCc1ccsc1C(=O)NN. The van der Waals surface area contributed by atoms with Gasteiger partial charge in [-0.25, -0.2) is 5.84 Å². The molecular weight excluding hydrogens is 268 g/mol. The first-order valence-corrected chi connectivity index (χ1v) is 6.89. The molecule has 1 amide bonds. The number of methoxy groups -OCH3 is 1. The van der Waals surface area contributed by atoms with Crippen LogP contribution < -0.4 is 11.3 Å². The lowest BCUT2D eigenvalue weighted by molar-refractivity contribution is 0.0482. The van der Waals surface area contributed by atoms with Crippen molar-refractivity contribution in [3.63, 3.8) is 0 Å². The number of thiophene rings is 1. The molecule has 0 unspecified atom stereocenters. The van der Waals surface area contributed by atoms with Crippen molar-refractivity contribution in [3.05, 3.63) is 21.9 Å². The maximum absolute atomic E-state index is 11.4. The van der Waals surface area contributed by atoms with Crippen molar-refractivity contribution < 1.29 is 19.0 Å². The van der Waals surface area contributed by atoms with Crippen LogP contribution in [0.3, 0.4) is 0 Å². The molecule has 0 fully saturated rings. The first-order chi connectivity index (χ1) is 9.29. The third kappa shape index (κ3) is 6.13. The fourth-order valence-corrected chi connectivity index (χ4v) is 2.22. The zero-order valence-electron chi connectivity index (χ0n) is 11.0.